The lowest BCUT2D eigenvalue weighted by molar-refractivity contribution is -0.0508. The summed E-state index contributed by atoms with van der Waals surface area (Å²) in [6, 6.07) is 11.3. The van der Waals surface area contributed by atoms with E-state index in [4.69, 9.17) is 9.72 Å². The van der Waals surface area contributed by atoms with Crippen molar-refractivity contribution >= 4 is 22.8 Å². The zero-order chi connectivity index (χ0) is 24.5. The number of alkyl halides is 2. The van der Waals surface area contributed by atoms with Crippen molar-refractivity contribution in [2.75, 3.05) is 0 Å². The van der Waals surface area contributed by atoms with Crippen LogP contribution in [0.4, 0.5) is 8.78 Å². The van der Waals surface area contributed by atoms with E-state index < -0.39 is 12.2 Å². The molecule has 0 spiro atoms. The van der Waals surface area contributed by atoms with Crippen LogP contribution in [0.15, 0.2) is 53.7 Å². The van der Waals surface area contributed by atoms with Gasteiger partial charge < -0.3 is 14.4 Å². The molecule has 4 heterocycles. The molecule has 3 atom stereocenters. The molecule has 180 valence electrons. The van der Waals surface area contributed by atoms with Crippen LogP contribution in [0, 0.1) is 0 Å². The van der Waals surface area contributed by atoms with E-state index in [1.165, 1.54) is 0 Å². The van der Waals surface area contributed by atoms with E-state index in [1.807, 2.05) is 18.2 Å². The number of benzene rings is 2. The van der Waals surface area contributed by atoms with E-state index in [1.54, 1.807) is 50.1 Å². The van der Waals surface area contributed by atoms with Crippen molar-refractivity contribution in [3.05, 3.63) is 66.0 Å². The van der Waals surface area contributed by atoms with Gasteiger partial charge in [0.05, 0.1) is 17.1 Å². The third kappa shape index (κ3) is 3.68. The fourth-order valence-corrected chi connectivity index (χ4v) is 6.53. The highest BCUT2D eigenvalue weighted by Gasteiger charge is 2.43. The molecular formula is C26H24F2N4O2S. The number of fused-ring (bicyclic) bond motifs is 9. The summed E-state index contributed by atoms with van der Waals surface area (Å²) in [4.78, 5) is 14.6. The zero-order valence-corrected chi connectivity index (χ0v) is 20.3. The molecule has 6 nitrogen and oxygen atoms in total. The maximum absolute atomic E-state index is 13.3. The number of rotatable bonds is 4. The van der Waals surface area contributed by atoms with Crippen molar-refractivity contribution in [3.63, 3.8) is 0 Å². The van der Waals surface area contributed by atoms with Crippen LogP contribution in [0.3, 0.4) is 0 Å². The van der Waals surface area contributed by atoms with Crippen LogP contribution >= 0.6 is 11.8 Å². The van der Waals surface area contributed by atoms with Gasteiger partial charge in [-0.2, -0.15) is 8.78 Å². The molecule has 9 heteroatoms. The maximum atomic E-state index is 13.3. The summed E-state index contributed by atoms with van der Waals surface area (Å²) in [6.45, 7) is 2.58. The number of nitrogens with zero attached hydrogens (tertiary/aromatic N) is 4. The number of aliphatic hydroxyl groups is 1. The summed E-state index contributed by atoms with van der Waals surface area (Å²) < 4.78 is 33.7. The first-order chi connectivity index (χ1) is 16.7. The first-order valence-corrected chi connectivity index (χ1v) is 12.4. The third-order valence-electron chi connectivity index (χ3n) is 6.82. The minimum absolute atomic E-state index is 0.147. The second kappa shape index (κ2) is 7.99. The van der Waals surface area contributed by atoms with E-state index in [9.17, 15) is 13.9 Å². The molecule has 0 fully saturated rings. The van der Waals surface area contributed by atoms with Crippen LogP contribution in [0.25, 0.3) is 22.2 Å². The molecule has 35 heavy (non-hydrogen) atoms. The highest BCUT2D eigenvalue weighted by Crippen LogP contribution is 2.55. The Kier molecular flexibility index (Phi) is 5.12. The van der Waals surface area contributed by atoms with Gasteiger partial charge in [-0.25, -0.2) is 15.0 Å². The summed E-state index contributed by atoms with van der Waals surface area (Å²) in [7, 11) is 0. The van der Waals surface area contributed by atoms with Crippen LogP contribution in [0.2, 0.25) is 0 Å². The number of halogens is 2. The largest absolute Gasteiger partial charge is 0.434 e. The van der Waals surface area contributed by atoms with Crippen molar-refractivity contribution in [3.8, 4) is 16.9 Å². The minimum atomic E-state index is -2.89. The van der Waals surface area contributed by atoms with Gasteiger partial charge in [0.25, 0.3) is 0 Å². The van der Waals surface area contributed by atoms with E-state index >= 15 is 0 Å². The first kappa shape index (κ1) is 22.4. The lowest BCUT2D eigenvalue weighted by Crippen LogP contribution is -2.19. The van der Waals surface area contributed by atoms with E-state index in [2.05, 4.69) is 27.5 Å². The van der Waals surface area contributed by atoms with Crippen molar-refractivity contribution in [1.29, 1.82) is 0 Å². The van der Waals surface area contributed by atoms with Gasteiger partial charge in [-0.15, -0.1) is 11.8 Å². The number of hydrogen-bond donors (Lipinski definition) is 1. The van der Waals surface area contributed by atoms with Crippen LogP contribution in [-0.4, -0.2) is 36.5 Å². The molecule has 0 radical (unpaired) electrons. The average molecular weight is 495 g/mol. The van der Waals surface area contributed by atoms with Gasteiger partial charge in [0.1, 0.15) is 17.2 Å². The molecular weight excluding hydrogens is 470 g/mol. The van der Waals surface area contributed by atoms with Crippen molar-refractivity contribution < 1.29 is 18.6 Å². The normalized spacial score (nSPS) is 21.2. The van der Waals surface area contributed by atoms with E-state index in [0.717, 1.165) is 44.9 Å². The topological polar surface area (TPSA) is 73.1 Å². The average Bonchev–Trinajstić information content (AvgIpc) is 3.30. The van der Waals surface area contributed by atoms with Crippen LogP contribution < -0.4 is 4.74 Å². The second-order valence-electron chi connectivity index (χ2n) is 9.63. The molecule has 1 N–H and O–H groups in total. The Morgan fingerprint density at radius 1 is 1.14 bits per heavy atom. The highest BCUT2D eigenvalue weighted by molar-refractivity contribution is 8.00. The van der Waals surface area contributed by atoms with Crippen LogP contribution in [0.5, 0.6) is 5.75 Å². The lowest BCUT2D eigenvalue weighted by atomic mass is 9.96. The SMILES string of the molecule is CC1Sc2cccc(OC(F)F)c2[C@H]2C[C@@H]1c1nc3ccc(-c4cnc(C(C)(C)O)nc4)cc3n12. The molecule has 0 aliphatic carbocycles. The Hall–Kier alpha value is -3.04. The van der Waals surface area contributed by atoms with Gasteiger partial charge in [0.2, 0.25) is 0 Å². The molecule has 2 aromatic carbocycles. The fraction of sp³-hybridized carbons (Fsp3) is 0.346. The number of ether oxygens (including phenoxy) is 1. The lowest BCUT2D eigenvalue weighted by Gasteiger charge is -2.22. The Labute approximate surface area is 205 Å². The molecule has 0 amide bonds. The molecule has 2 aliphatic rings. The van der Waals surface area contributed by atoms with E-state index in [-0.39, 0.29) is 23.0 Å². The molecule has 2 aromatic heterocycles. The summed E-state index contributed by atoms with van der Waals surface area (Å²) in [6.07, 6.45) is 4.19. The van der Waals surface area contributed by atoms with Crippen molar-refractivity contribution in [1.82, 2.24) is 19.5 Å². The number of imidazole rings is 1. The quantitative estimate of drug-likeness (QED) is 0.381. The van der Waals surface area contributed by atoms with Crippen LogP contribution in [-0.2, 0) is 5.60 Å². The summed E-state index contributed by atoms with van der Waals surface area (Å²) in [5, 5.41) is 10.4. The van der Waals surface area contributed by atoms with Gasteiger partial charge in [-0.05, 0) is 50.1 Å². The highest BCUT2D eigenvalue weighted by atomic mass is 32.2. The second-order valence-corrected chi connectivity index (χ2v) is 11.0. The van der Waals surface area contributed by atoms with Crippen molar-refractivity contribution in [2.24, 2.45) is 0 Å². The fourth-order valence-electron chi connectivity index (χ4n) is 5.21. The molecule has 2 aliphatic heterocycles. The predicted molar refractivity (Wildman–Crippen MR) is 130 cm³/mol. The minimum Gasteiger partial charge on any atom is -0.434 e. The molecule has 6 rings (SSSR count). The summed E-state index contributed by atoms with van der Waals surface area (Å²) in [5.74, 6) is 1.76. The molecule has 4 aromatic rings. The van der Waals surface area contributed by atoms with Gasteiger partial charge in [-0.1, -0.05) is 19.1 Å². The molecule has 2 bridgehead atoms. The third-order valence-corrected chi connectivity index (χ3v) is 8.13. The van der Waals surface area contributed by atoms with Gasteiger partial charge >= 0.3 is 6.61 Å². The maximum Gasteiger partial charge on any atom is 0.387 e. The monoisotopic (exact) mass is 494 g/mol. The van der Waals surface area contributed by atoms with Gasteiger partial charge in [0, 0.05) is 39.6 Å². The van der Waals surface area contributed by atoms with Gasteiger partial charge in [0.15, 0.2) is 5.82 Å². The van der Waals surface area contributed by atoms with Crippen LogP contribution in [0.1, 0.15) is 56.4 Å². The molecule has 0 saturated carbocycles. The Balaban J connectivity index is 1.50. The van der Waals surface area contributed by atoms with Gasteiger partial charge in [-0.3, -0.25) is 0 Å². The first-order valence-electron chi connectivity index (χ1n) is 11.5. The molecule has 0 saturated heterocycles. The predicted octanol–water partition coefficient (Wildman–Crippen LogP) is 5.89. The Morgan fingerprint density at radius 2 is 1.91 bits per heavy atom. The van der Waals surface area contributed by atoms with E-state index in [0.29, 0.717) is 5.82 Å². The smallest absolute Gasteiger partial charge is 0.387 e. The molecule has 1 unspecified atom stereocenters. The number of aromatic nitrogens is 4. The summed E-state index contributed by atoms with van der Waals surface area (Å²) >= 11 is 1.70. The Morgan fingerprint density at radius 3 is 2.63 bits per heavy atom. The number of thioether (sulfide) groups is 1. The summed E-state index contributed by atoms with van der Waals surface area (Å²) in [5.41, 5.74) is 3.22. The zero-order valence-electron chi connectivity index (χ0n) is 19.4. The standard InChI is InChI=1S/C26H24F2N4O2S/c1-13-16-10-19(22-20(34-25(27)28)5-4-6-21(22)35-13)32-18-9-14(7-8-17(18)31-23(16)32)15-11-29-24(30-12-15)26(2,3)33/h4-9,11-13,16,19,25,33H,10H2,1-3H3/t13?,16-,19+/m0/s1. The number of hydrogen-bond acceptors (Lipinski definition) is 6. The van der Waals surface area contributed by atoms with Crippen molar-refractivity contribution in [2.45, 2.75) is 61.5 Å². The Bertz CT molecular complexity index is 1430.